The van der Waals surface area contributed by atoms with Crippen molar-refractivity contribution in [2.45, 2.75) is 6.92 Å². The first-order valence-corrected chi connectivity index (χ1v) is 0.928. The summed E-state index contributed by atoms with van der Waals surface area (Å²) in [5.41, 5.74) is 0. The van der Waals surface area contributed by atoms with E-state index < -0.39 is 5.97 Å². The summed E-state index contributed by atoms with van der Waals surface area (Å²) in [5, 5.41) is 7.42. The molecule has 0 amide bonds. The van der Waals surface area contributed by atoms with E-state index in [1.807, 2.05) is 0 Å². The van der Waals surface area contributed by atoms with Gasteiger partial charge in [0, 0.05) is 23.4 Å². The molecule has 0 rings (SSSR count). The number of carboxylic acid groups (broad SMARTS) is 1. The van der Waals surface area contributed by atoms with Crippen LogP contribution in [0.2, 0.25) is 0 Å². The third-order valence-electron chi connectivity index (χ3n) is 0. The molecule has 0 heterocycles. The third kappa shape index (κ3) is 84.0. The van der Waals surface area contributed by atoms with Crippen LogP contribution in [-0.2, 0) is 21.3 Å². The van der Waals surface area contributed by atoms with E-state index in [4.69, 9.17) is 9.90 Å². The molecule has 0 aliphatic heterocycles. The zero-order valence-corrected chi connectivity index (χ0v) is 3.66. The molecule has 0 aromatic heterocycles. The van der Waals surface area contributed by atoms with Crippen LogP contribution in [0.1, 0.15) is 6.92 Å². The maximum atomic E-state index is 9.00. The molecule has 0 radical (unpaired) electrons. The normalized spacial score (nSPS) is 4.17. The molecule has 0 aliphatic rings. The van der Waals surface area contributed by atoms with Gasteiger partial charge in [-0.25, -0.2) is 0 Å². The van der Waals surface area contributed by atoms with E-state index in [1.54, 1.807) is 0 Å². The maximum Gasteiger partial charge on any atom is 0 e. The molecular weight excluding hydrogens is 138 g/mol. The molecule has 36 valence electrons. The Balaban J connectivity index is -0.0000000450. The van der Waals surface area contributed by atoms with Crippen molar-refractivity contribution in [1.29, 1.82) is 0 Å². The number of hydrogen-bond donors (Lipinski definition) is 1. The molecule has 2 nitrogen and oxygen atoms in total. The summed E-state index contributed by atoms with van der Waals surface area (Å²) >= 11 is 0. The van der Waals surface area contributed by atoms with Crippen LogP contribution in [0.5, 0.6) is 0 Å². The van der Waals surface area contributed by atoms with Crippen LogP contribution >= 0.6 is 0 Å². The van der Waals surface area contributed by atoms with Gasteiger partial charge in [-0.05, 0) is 0 Å². The van der Waals surface area contributed by atoms with E-state index in [0.717, 1.165) is 6.92 Å². The standard InChI is InChI=1S/C2H4O2.Na.Ni.H/c1-2(3)4;;;/h1H3,(H,3,4);;;. The Bertz CT molecular complexity index is 34.5. The fraction of sp³-hybridized carbons (Fsp3) is 0.500. The number of aliphatic carboxylic acids is 1. The molecule has 0 saturated heterocycles. The molecule has 0 unspecified atom stereocenters. The van der Waals surface area contributed by atoms with Crippen molar-refractivity contribution in [2.75, 3.05) is 0 Å². The molecule has 6 heavy (non-hydrogen) atoms. The van der Waals surface area contributed by atoms with Crippen molar-refractivity contribution < 1.29 is 26.4 Å². The first-order chi connectivity index (χ1) is 1.73. The molecule has 0 aromatic rings. The Hall–Kier alpha value is 0.964. The summed E-state index contributed by atoms with van der Waals surface area (Å²) in [6, 6.07) is 0. The Morgan fingerprint density at radius 3 is 1.67 bits per heavy atom. The van der Waals surface area contributed by atoms with Crippen molar-refractivity contribution in [3.63, 3.8) is 0 Å². The van der Waals surface area contributed by atoms with Gasteiger partial charge in [0.25, 0.3) is 5.97 Å². The Labute approximate surface area is 68.5 Å². The van der Waals surface area contributed by atoms with E-state index in [1.165, 1.54) is 0 Å². The summed E-state index contributed by atoms with van der Waals surface area (Å²) < 4.78 is 0. The van der Waals surface area contributed by atoms with Gasteiger partial charge in [-0.2, -0.15) is 0 Å². The van der Waals surface area contributed by atoms with E-state index in [0.29, 0.717) is 0 Å². The van der Waals surface area contributed by atoms with Gasteiger partial charge in [0.1, 0.15) is 0 Å². The van der Waals surface area contributed by atoms with Gasteiger partial charge >= 0.3 is 29.6 Å². The first kappa shape index (κ1) is 15.8. The molecule has 0 fully saturated rings. The minimum Gasteiger partial charge on any atom is 0 e. The quantitative estimate of drug-likeness (QED) is 0.461. The third-order valence-corrected chi connectivity index (χ3v) is 0. The van der Waals surface area contributed by atoms with Crippen LogP contribution < -0.4 is 0 Å². The van der Waals surface area contributed by atoms with Crippen LogP contribution in [0.3, 0.4) is 0 Å². The van der Waals surface area contributed by atoms with Gasteiger partial charge in [0.15, 0.2) is 0 Å². The maximum absolute atomic E-state index is 9.00. The zero-order chi connectivity index (χ0) is 3.58. The smallest absolute Gasteiger partial charge is 0 e. The number of hydrogen-bond acceptors (Lipinski definition) is 1. The van der Waals surface area contributed by atoms with Gasteiger partial charge < -0.3 is 5.11 Å². The van der Waals surface area contributed by atoms with E-state index in [2.05, 4.69) is 0 Å². The van der Waals surface area contributed by atoms with Gasteiger partial charge in [-0.15, -0.1) is 0 Å². The molecule has 4 heteroatoms. The predicted molar refractivity (Wildman–Crippen MR) is 20.5 cm³/mol. The minimum absolute atomic E-state index is 0. The molecule has 0 spiro atoms. The topological polar surface area (TPSA) is 37.3 Å². The van der Waals surface area contributed by atoms with Gasteiger partial charge in [-0.1, -0.05) is 0 Å². The Morgan fingerprint density at radius 2 is 1.67 bits per heavy atom. The monoisotopic (exact) mass is 142 g/mol. The average molecular weight is 143 g/mol. The molecule has 0 aromatic carbocycles. The number of carbonyl (C=O) groups is 1. The van der Waals surface area contributed by atoms with Gasteiger partial charge in [0.2, 0.25) is 0 Å². The van der Waals surface area contributed by atoms with Crippen LogP contribution in [0.4, 0.5) is 0 Å². The molecule has 0 atom stereocenters. The van der Waals surface area contributed by atoms with E-state index in [-0.39, 0.29) is 46.0 Å². The van der Waals surface area contributed by atoms with Crippen molar-refractivity contribution in [2.24, 2.45) is 0 Å². The molecule has 0 aliphatic carbocycles. The fourth-order valence-electron chi connectivity index (χ4n) is 0. The summed E-state index contributed by atoms with van der Waals surface area (Å²) in [7, 11) is 0. The second-order valence-corrected chi connectivity index (χ2v) is 0.519. The van der Waals surface area contributed by atoms with Crippen molar-refractivity contribution in [3.05, 3.63) is 0 Å². The second kappa shape index (κ2) is 9.35. The van der Waals surface area contributed by atoms with Crippen molar-refractivity contribution in [1.82, 2.24) is 0 Å². The fourth-order valence-corrected chi connectivity index (χ4v) is 0. The summed E-state index contributed by atoms with van der Waals surface area (Å²) in [6.07, 6.45) is 0. The Kier molecular flexibility index (Phi) is 24.6. The minimum atomic E-state index is -0.833. The van der Waals surface area contributed by atoms with Crippen molar-refractivity contribution in [3.8, 4) is 0 Å². The zero-order valence-electron chi connectivity index (χ0n) is 2.67. The van der Waals surface area contributed by atoms with Gasteiger partial charge in [-0.3, -0.25) is 4.79 Å². The van der Waals surface area contributed by atoms with Crippen LogP contribution in [0, 0.1) is 0 Å². The molecule has 1 N–H and O–H groups in total. The summed E-state index contributed by atoms with van der Waals surface area (Å²) in [5.74, 6) is -0.833. The summed E-state index contributed by atoms with van der Waals surface area (Å²) in [6.45, 7) is 1.08. The van der Waals surface area contributed by atoms with Crippen molar-refractivity contribution >= 4 is 35.5 Å². The van der Waals surface area contributed by atoms with Gasteiger partial charge in [0.05, 0.1) is 0 Å². The predicted octanol–water partition coefficient (Wildman–Crippen LogP) is -0.560. The molecule has 0 saturated carbocycles. The largest absolute Gasteiger partial charge is 0 e. The average Bonchev–Trinajstić information content (AvgIpc) is 0.811. The number of carboxylic acids is 1. The van der Waals surface area contributed by atoms with Crippen LogP contribution in [0.15, 0.2) is 0 Å². The van der Waals surface area contributed by atoms with Crippen LogP contribution in [0.25, 0.3) is 0 Å². The summed E-state index contributed by atoms with van der Waals surface area (Å²) in [4.78, 5) is 9.00. The first-order valence-electron chi connectivity index (χ1n) is 0.928. The molecule has 0 bridgehead atoms. The van der Waals surface area contributed by atoms with E-state index >= 15 is 0 Å². The van der Waals surface area contributed by atoms with E-state index in [9.17, 15) is 0 Å². The van der Waals surface area contributed by atoms with Crippen LogP contribution in [-0.4, -0.2) is 40.6 Å². The number of rotatable bonds is 0. The second-order valence-electron chi connectivity index (χ2n) is 0.519. The Morgan fingerprint density at radius 1 is 1.67 bits per heavy atom. The molecular formula is C2H5NaNiO2. The SMILES string of the molecule is CC(=O)O.[NaH].[Ni].